The molecule has 0 spiro atoms. The van der Waals surface area contributed by atoms with Gasteiger partial charge in [0.2, 0.25) is 0 Å². The molecule has 4 aromatic carbocycles. The molecule has 0 unspecified atom stereocenters. The van der Waals surface area contributed by atoms with Crippen LogP contribution in [0.2, 0.25) is 0 Å². The van der Waals surface area contributed by atoms with Crippen LogP contribution in [0.5, 0.6) is 0 Å². The first-order valence-electron chi connectivity index (χ1n) is 17.5. The highest BCUT2D eigenvalue weighted by Gasteiger charge is 2.27. The number of rotatable bonds is 19. The molecule has 0 aromatic heterocycles. The Labute approximate surface area is 284 Å². The molecule has 0 heterocycles. The van der Waals surface area contributed by atoms with Gasteiger partial charge < -0.3 is 9.80 Å². The highest BCUT2D eigenvalue weighted by Crippen LogP contribution is 2.32. The molecule has 0 N–H and O–H groups in total. The average molecular weight is 628 g/mol. The number of nitrogens with zero attached hydrogens (tertiary/aromatic N) is 5. The van der Waals surface area contributed by atoms with Crippen LogP contribution in [0, 0.1) is 0 Å². The van der Waals surface area contributed by atoms with Crippen molar-refractivity contribution in [3.05, 3.63) is 147 Å². The number of hydrazine groups is 1. The smallest absolute Gasteiger partial charge is 0.0713 e. The Morgan fingerprint density at radius 3 is 1.51 bits per heavy atom. The molecule has 1 saturated carbocycles. The van der Waals surface area contributed by atoms with Crippen LogP contribution in [0.3, 0.4) is 0 Å². The molecule has 47 heavy (non-hydrogen) atoms. The minimum atomic E-state index is 0.505. The van der Waals surface area contributed by atoms with Crippen molar-refractivity contribution in [1.29, 1.82) is 0 Å². The first-order valence-corrected chi connectivity index (χ1v) is 17.5. The molecule has 1 aliphatic carbocycles. The quantitative estimate of drug-likeness (QED) is 0.0583. The van der Waals surface area contributed by atoms with E-state index in [1.165, 1.54) is 54.9 Å². The standard InChI is InChI=1S/C42H53N5/c1-3-31-43(32-4-2)37-45(39-23-12-6-13-24-39)36-35-44(38-21-10-5-11-22-38)33-20-34-46(40-25-14-7-15-26-40)47(41-27-16-8-17-28-41)42-29-18-9-19-30-42/h3-8,10-17,21-28,42H,1-2,9,18-20,29-37H2. The molecule has 0 saturated heterocycles. The summed E-state index contributed by atoms with van der Waals surface area (Å²) in [4.78, 5) is 7.43. The maximum Gasteiger partial charge on any atom is 0.0713 e. The normalized spacial score (nSPS) is 13.2. The minimum absolute atomic E-state index is 0.505. The van der Waals surface area contributed by atoms with Gasteiger partial charge in [-0.1, -0.05) is 104 Å². The van der Waals surface area contributed by atoms with Crippen molar-refractivity contribution in [2.45, 2.75) is 44.6 Å². The molecule has 0 aliphatic heterocycles. The van der Waals surface area contributed by atoms with Gasteiger partial charge in [-0.3, -0.25) is 14.9 Å². The van der Waals surface area contributed by atoms with Crippen molar-refractivity contribution in [1.82, 2.24) is 4.90 Å². The number of benzene rings is 4. The van der Waals surface area contributed by atoms with Crippen LogP contribution in [0.15, 0.2) is 147 Å². The van der Waals surface area contributed by atoms with Gasteiger partial charge >= 0.3 is 0 Å². The van der Waals surface area contributed by atoms with E-state index >= 15 is 0 Å². The summed E-state index contributed by atoms with van der Waals surface area (Å²) < 4.78 is 0. The zero-order valence-electron chi connectivity index (χ0n) is 28.1. The van der Waals surface area contributed by atoms with Gasteiger partial charge in [0.15, 0.2) is 0 Å². The van der Waals surface area contributed by atoms with E-state index < -0.39 is 0 Å². The summed E-state index contributed by atoms with van der Waals surface area (Å²) in [7, 11) is 0. The second-order valence-electron chi connectivity index (χ2n) is 12.5. The molecule has 0 amide bonds. The number of hydrogen-bond donors (Lipinski definition) is 0. The Kier molecular flexibility index (Phi) is 13.4. The topological polar surface area (TPSA) is 16.2 Å². The third kappa shape index (κ3) is 10.0. The van der Waals surface area contributed by atoms with Gasteiger partial charge in [0, 0.05) is 50.6 Å². The van der Waals surface area contributed by atoms with Gasteiger partial charge in [0.25, 0.3) is 0 Å². The lowest BCUT2D eigenvalue weighted by atomic mass is 9.94. The summed E-state index contributed by atoms with van der Waals surface area (Å²) in [5, 5.41) is 5.18. The van der Waals surface area contributed by atoms with Gasteiger partial charge in [-0.2, -0.15) is 0 Å². The van der Waals surface area contributed by atoms with E-state index in [1.54, 1.807) is 0 Å². The lowest BCUT2D eigenvalue weighted by molar-refractivity contribution is 0.332. The van der Waals surface area contributed by atoms with Crippen LogP contribution in [0.1, 0.15) is 38.5 Å². The first-order chi connectivity index (χ1) is 23.3. The van der Waals surface area contributed by atoms with Crippen LogP contribution in [-0.2, 0) is 0 Å². The molecule has 4 aromatic rings. The summed E-state index contributed by atoms with van der Waals surface area (Å²) in [6, 6.07) is 44.2. The Morgan fingerprint density at radius 1 is 0.511 bits per heavy atom. The van der Waals surface area contributed by atoms with Crippen molar-refractivity contribution >= 4 is 22.7 Å². The minimum Gasteiger partial charge on any atom is -0.370 e. The largest absolute Gasteiger partial charge is 0.370 e. The van der Waals surface area contributed by atoms with Gasteiger partial charge in [-0.25, -0.2) is 0 Å². The fourth-order valence-electron chi connectivity index (χ4n) is 6.79. The Hall–Kier alpha value is -4.48. The Morgan fingerprint density at radius 2 is 0.979 bits per heavy atom. The van der Waals surface area contributed by atoms with Crippen molar-refractivity contribution in [3.8, 4) is 0 Å². The maximum absolute atomic E-state index is 4.00. The predicted octanol–water partition coefficient (Wildman–Crippen LogP) is 9.28. The van der Waals surface area contributed by atoms with Crippen molar-refractivity contribution in [3.63, 3.8) is 0 Å². The van der Waals surface area contributed by atoms with Gasteiger partial charge in [0.05, 0.1) is 24.1 Å². The van der Waals surface area contributed by atoms with E-state index in [9.17, 15) is 0 Å². The Balaban J connectivity index is 1.36. The van der Waals surface area contributed by atoms with Gasteiger partial charge in [0.1, 0.15) is 0 Å². The van der Waals surface area contributed by atoms with E-state index in [0.29, 0.717) is 6.04 Å². The molecule has 5 rings (SSSR count). The van der Waals surface area contributed by atoms with E-state index in [1.807, 2.05) is 12.2 Å². The van der Waals surface area contributed by atoms with E-state index in [4.69, 9.17) is 0 Å². The molecular formula is C42H53N5. The fourth-order valence-corrected chi connectivity index (χ4v) is 6.79. The first kappa shape index (κ1) is 33.9. The second kappa shape index (κ2) is 18.6. The Bertz CT molecular complexity index is 1410. The lowest BCUT2D eigenvalue weighted by Gasteiger charge is -2.45. The zero-order valence-corrected chi connectivity index (χ0v) is 28.1. The van der Waals surface area contributed by atoms with Crippen LogP contribution in [0.25, 0.3) is 0 Å². The average Bonchev–Trinajstić information content (AvgIpc) is 3.14. The van der Waals surface area contributed by atoms with Crippen LogP contribution >= 0.6 is 0 Å². The van der Waals surface area contributed by atoms with Gasteiger partial charge in [-0.15, -0.1) is 13.2 Å². The van der Waals surface area contributed by atoms with E-state index in [-0.39, 0.29) is 0 Å². The number of hydrogen-bond acceptors (Lipinski definition) is 5. The maximum atomic E-state index is 4.00. The van der Waals surface area contributed by atoms with Crippen LogP contribution in [-0.4, -0.2) is 56.9 Å². The van der Waals surface area contributed by atoms with Crippen molar-refractivity contribution < 1.29 is 0 Å². The molecule has 1 aliphatic rings. The fraction of sp³-hybridized carbons (Fsp3) is 0.333. The van der Waals surface area contributed by atoms with E-state index in [2.05, 4.69) is 159 Å². The van der Waals surface area contributed by atoms with Gasteiger partial charge in [-0.05, 0) is 67.8 Å². The molecule has 5 nitrogen and oxygen atoms in total. The lowest BCUT2D eigenvalue weighted by Crippen LogP contribution is -2.51. The second-order valence-corrected chi connectivity index (χ2v) is 12.5. The summed E-state index contributed by atoms with van der Waals surface area (Å²) in [5.74, 6) is 0. The molecule has 0 radical (unpaired) electrons. The highest BCUT2D eigenvalue weighted by molar-refractivity contribution is 5.58. The summed E-state index contributed by atoms with van der Waals surface area (Å²) in [6.45, 7) is 14.2. The monoisotopic (exact) mass is 627 g/mol. The van der Waals surface area contributed by atoms with Crippen molar-refractivity contribution in [2.75, 3.05) is 65.8 Å². The van der Waals surface area contributed by atoms with Crippen LogP contribution < -0.4 is 19.8 Å². The highest BCUT2D eigenvalue weighted by atomic mass is 15.6. The third-order valence-corrected chi connectivity index (χ3v) is 9.08. The molecule has 0 bridgehead atoms. The summed E-state index contributed by atoms with van der Waals surface area (Å²) >= 11 is 0. The molecular weight excluding hydrogens is 574 g/mol. The number of para-hydroxylation sites is 4. The predicted molar refractivity (Wildman–Crippen MR) is 203 cm³/mol. The molecule has 0 atom stereocenters. The number of anilines is 4. The molecule has 246 valence electrons. The zero-order chi connectivity index (χ0) is 32.5. The molecule has 5 heteroatoms. The molecule has 1 fully saturated rings. The third-order valence-electron chi connectivity index (χ3n) is 9.08. The van der Waals surface area contributed by atoms with Crippen LogP contribution in [0.4, 0.5) is 22.7 Å². The van der Waals surface area contributed by atoms with E-state index in [0.717, 1.165) is 52.4 Å². The summed E-state index contributed by atoms with van der Waals surface area (Å²) in [6.07, 6.45) is 11.4. The van der Waals surface area contributed by atoms with Crippen molar-refractivity contribution in [2.24, 2.45) is 0 Å². The SMILES string of the molecule is C=CCN(CC=C)CN(CCN(CCCN(c1ccccc1)N(c1ccccc1)C1CCCCC1)c1ccccc1)c1ccccc1. The summed E-state index contributed by atoms with van der Waals surface area (Å²) in [5.41, 5.74) is 5.05.